The van der Waals surface area contributed by atoms with Gasteiger partial charge in [0, 0.05) is 0 Å². The summed E-state index contributed by atoms with van der Waals surface area (Å²) >= 11 is 0. The number of aryl methyl sites for hydroxylation is 2. The first kappa shape index (κ1) is 11.2. The van der Waals surface area contributed by atoms with Crippen LogP contribution in [0, 0.1) is 13.8 Å². The lowest BCUT2D eigenvalue weighted by atomic mass is 10.0. The van der Waals surface area contributed by atoms with Crippen molar-refractivity contribution in [1.29, 1.82) is 0 Å². The van der Waals surface area contributed by atoms with Crippen LogP contribution >= 0.6 is 0 Å². The van der Waals surface area contributed by atoms with Gasteiger partial charge in [-0.15, -0.1) is 0 Å². The molecule has 1 aromatic carbocycles. The third-order valence-corrected chi connectivity index (χ3v) is 2.79. The van der Waals surface area contributed by atoms with Crippen molar-refractivity contribution in [3.8, 4) is 0 Å². The summed E-state index contributed by atoms with van der Waals surface area (Å²) in [7, 11) is 0. The molecule has 0 aliphatic carbocycles. The molecular weight excluding hydrogens is 200 g/mol. The molecule has 1 aliphatic rings. The molecule has 1 N–H and O–H groups in total. The number of hydrogen-bond acceptors (Lipinski definition) is 2. The lowest BCUT2D eigenvalue weighted by Crippen LogP contribution is -2.10. The molecule has 1 aromatic rings. The van der Waals surface area contributed by atoms with Crippen molar-refractivity contribution in [2.24, 2.45) is 0 Å². The minimum atomic E-state index is -0.612. The van der Waals surface area contributed by atoms with E-state index in [0.717, 1.165) is 18.4 Å². The monoisotopic (exact) mass is 218 g/mol. The van der Waals surface area contributed by atoms with E-state index in [2.05, 4.69) is 6.07 Å². The molecule has 1 aliphatic heterocycles. The molecule has 0 spiro atoms. The Labute approximate surface area is 96.6 Å². The minimum absolute atomic E-state index is 0.612. The first-order valence-electron chi connectivity index (χ1n) is 5.76. The van der Waals surface area contributed by atoms with Gasteiger partial charge in [0.05, 0.1) is 6.61 Å². The highest BCUT2D eigenvalue weighted by molar-refractivity contribution is 5.32. The predicted molar refractivity (Wildman–Crippen MR) is 64.1 cm³/mol. The van der Waals surface area contributed by atoms with Gasteiger partial charge < -0.3 is 9.84 Å². The van der Waals surface area contributed by atoms with Gasteiger partial charge in [-0.2, -0.15) is 0 Å². The average Bonchev–Trinajstić information content (AvgIpc) is 2.28. The van der Waals surface area contributed by atoms with E-state index < -0.39 is 6.10 Å². The molecule has 1 atom stereocenters. The maximum absolute atomic E-state index is 10.2. The van der Waals surface area contributed by atoms with E-state index in [1.54, 1.807) is 0 Å². The van der Waals surface area contributed by atoms with E-state index >= 15 is 0 Å². The molecule has 0 fully saturated rings. The summed E-state index contributed by atoms with van der Waals surface area (Å²) in [4.78, 5) is 0. The fourth-order valence-corrected chi connectivity index (χ4v) is 2.10. The fourth-order valence-electron chi connectivity index (χ4n) is 2.10. The van der Waals surface area contributed by atoms with E-state index in [1.807, 2.05) is 32.1 Å². The maximum Gasteiger partial charge on any atom is 0.136 e. The molecule has 86 valence electrons. The van der Waals surface area contributed by atoms with Crippen LogP contribution in [0.3, 0.4) is 0 Å². The van der Waals surface area contributed by atoms with Crippen molar-refractivity contribution in [3.05, 3.63) is 46.7 Å². The van der Waals surface area contributed by atoms with Crippen LogP contribution in [-0.2, 0) is 4.74 Å². The van der Waals surface area contributed by atoms with E-state index in [1.165, 1.54) is 11.1 Å². The number of rotatable bonds is 2. The molecule has 2 rings (SSSR count). The summed E-state index contributed by atoms with van der Waals surface area (Å²) in [6.45, 7) is 4.80. The molecule has 16 heavy (non-hydrogen) atoms. The van der Waals surface area contributed by atoms with Crippen molar-refractivity contribution < 1.29 is 9.84 Å². The standard InChI is InChI=1S/C14H18O2/c1-10-7-11(2)9-12(8-10)14(15)13-5-3-4-6-16-13/h5,7-9,14-15H,3-4,6H2,1-2H3. The van der Waals surface area contributed by atoms with Gasteiger partial charge in [0.15, 0.2) is 0 Å². The van der Waals surface area contributed by atoms with Crippen molar-refractivity contribution >= 4 is 0 Å². The molecule has 0 radical (unpaired) electrons. The van der Waals surface area contributed by atoms with Crippen LogP contribution in [0.4, 0.5) is 0 Å². The summed E-state index contributed by atoms with van der Waals surface area (Å²) in [5.74, 6) is 0.705. The van der Waals surface area contributed by atoms with Gasteiger partial charge in [0.25, 0.3) is 0 Å². The number of aliphatic hydroxyl groups excluding tert-OH is 1. The summed E-state index contributed by atoms with van der Waals surface area (Å²) in [5.41, 5.74) is 3.27. The smallest absolute Gasteiger partial charge is 0.136 e. The second kappa shape index (κ2) is 4.71. The Kier molecular flexibility index (Phi) is 3.30. The van der Waals surface area contributed by atoms with Gasteiger partial charge >= 0.3 is 0 Å². The number of allylic oxidation sites excluding steroid dienone is 1. The summed E-state index contributed by atoms with van der Waals surface area (Å²) < 4.78 is 5.48. The van der Waals surface area contributed by atoms with Crippen LogP contribution in [-0.4, -0.2) is 11.7 Å². The highest BCUT2D eigenvalue weighted by atomic mass is 16.5. The van der Waals surface area contributed by atoms with Gasteiger partial charge in [-0.25, -0.2) is 0 Å². The molecule has 0 amide bonds. The van der Waals surface area contributed by atoms with Crippen molar-refractivity contribution in [2.45, 2.75) is 32.8 Å². The second-order valence-electron chi connectivity index (χ2n) is 4.42. The van der Waals surface area contributed by atoms with E-state index in [4.69, 9.17) is 4.74 Å². The Bertz CT molecular complexity index is 387. The van der Waals surface area contributed by atoms with Crippen LogP contribution in [0.1, 0.15) is 35.6 Å². The quantitative estimate of drug-likeness (QED) is 0.826. The SMILES string of the molecule is Cc1cc(C)cc(C(O)C2=CCCCO2)c1. The molecule has 0 bridgehead atoms. The number of benzene rings is 1. The molecular formula is C14H18O2. The molecule has 1 heterocycles. The molecule has 0 saturated heterocycles. The van der Waals surface area contributed by atoms with Crippen LogP contribution < -0.4 is 0 Å². The normalized spacial score (nSPS) is 17.6. The molecule has 1 unspecified atom stereocenters. The number of hydrogen-bond donors (Lipinski definition) is 1. The molecule has 2 nitrogen and oxygen atoms in total. The first-order valence-corrected chi connectivity index (χ1v) is 5.76. The zero-order valence-electron chi connectivity index (χ0n) is 9.86. The van der Waals surface area contributed by atoms with Gasteiger partial charge in [-0.1, -0.05) is 29.3 Å². The van der Waals surface area contributed by atoms with Gasteiger partial charge in [-0.05, 0) is 38.3 Å². The molecule has 0 aromatic heterocycles. The lowest BCUT2D eigenvalue weighted by Gasteiger charge is -2.20. The zero-order chi connectivity index (χ0) is 11.5. The Hall–Kier alpha value is -1.28. The topological polar surface area (TPSA) is 29.5 Å². The zero-order valence-corrected chi connectivity index (χ0v) is 9.86. The third kappa shape index (κ3) is 2.45. The summed E-state index contributed by atoms with van der Waals surface area (Å²) in [6, 6.07) is 6.12. The first-order chi connectivity index (χ1) is 7.66. The van der Waals surface area contributed by atoms with Gasteiger partial charge in [0.1, 0.15) is 11.9 Å². The fraction of sp³-hybridized carbons (Fsp3) is 0.429. The Morgan fingerprint density at radius 1 is 1.19 bits per heavy atom. The molecule has 0 saturated carbocycles. The predicted octanol–water partition coefficient (Wildman–Crippen LogP) is 3.03. The van der Waals surface area contributed by atoms with Crippen LogP contribution in [0.15, 0.2) is 30.0 Å². The number of ether oxygens (including phenoxy) is 1. The average molecular weight is 218 g/mol. The Morgan fingerprint density at radius 3 is 2.44 bits per heavy atom. The van der Waals surface area contributed by atoms with E-state index in [0.29, 0.717) is 12.4 Å². The summed E-state index contributed by atoms with van der Waals surface area (Å²) in [5, 5.41) is 10.2. The van der Waals surface area contributed by atoms with Crippen molar-refractivity contribution in [1.82, 2.24) is 0 Å². The van der Waals surface area contributed by atoms with Crippen molar-refractivity contribution in [2.75, 3.05) is 6.61 Å². The van der Waals surface area contributed by atoms with Crippen molar-refractivity contribution in [3.63, 3.8) is 0 Å². The molecule has 2 heteroatoms. The Balaban J connectivity index is 2.25. The lowest BCUT2D eigenvalue weighted by molar-refractivity contribution is 0.0917. The van der Waals surface area contributed by atoms with Crippen LogP contribution in [0.5, 0.6) is 0 Å². The van der Waals surface area contributed by atoms with Crippen LogP contribution in [0.25, 0.3) is 0 Å². The maximum atomic E-state index is 10.2. The minimum Gasteiger partial charge on any atom is -0.495 e. The Morgan fingerprint density at radius 2 is 1.88 bits per heavy atom. The number of aliphatic hydroxyl groups is 1. The van der Waals surface area contributed by atoms with Crippen LogP contribution in [0.2, 0.25) is 0 Å². The van der Waals surface area contributed by atoms with E-state index in [-0.39, 0.29) is 0 Å². The van der Waals surface area contributed by atoms with Gasteiger partial charge in [-0.3, -0.25) is 0 Å². The second-order valence-corrected chi connectivity index (χ2v) is 4.42. The highest BCUT2D eigenvalue weighted by Gasteiger charge is 2.17. The highest BCUT2D eigenvalue weighted by Crippen LogP contribution is 2.27. The van der Waals surface area contributed by atoms with E-state index in [9.17, 15) is 5.11 Å². The largest absolute Gasteiger partial charge is 0.495 e. The third-order valence-electron chi connectivity index (χ3n) is 2.79. The van der Waals surface area contributed by atoms with Gasteiger partial charge in [0.2, 0.25) is 0 Å². The summed E-state index contributed by atoms with van der Waals surface area (Å²) in [6.07, 6.45) is 3.42.